The number of carboxylic acids is 1. The molecule has 0 radical (unpaired) electrons. The molecule has 0 aliphatic heterocycles. The Balaban J connectivity index is 0.000000804. The maximum atomic E-state index is 10.6. The molecule has 30 heavy (non-hydrogen) atoms. The van der Waals surface area contributed by atoms with Gasteiger partial charge in [0.1, 0.15) is 0 Å². The van der Waals surface area contributed by atoms with Crippen LogP contribution >= 0.6 is 0 Å². The monoisotopic (exact) mass is 420 g/mol. The van der Waals surface area contributed by atoms with E-state index in [-0.39, 0.29) is 12.3 Å². The number of aliphatic carboxylic acids is 1. The van der Waals surface area contributed by atoms with Gasteiger partial charge in [-0.15, -0.1) is 11.8 Å². The summed E-state index contributed by atoms with van der Waals surface area (Å²) in [6.07, 6.45) is 12.3. The van der Waals surface area contributed by atoms with E-state index in [0.717, 1.165) is 38.7 Å². The van der Waals surface area contributed by atoms with Crippen molar-refractivity contribution < 1.29 is 29.6 Å². The Kier molecular flexibility index (Phi) is 11.9. The second kappa shape index (κ2) is 13.9. The number of ether oxygens (including phenoxy) is 1. The van der Waals surface area contributed by atoms with Gasteiger partial charge in [0, 0.05) is 12.8 Å². The fourth-order valence-electron chi connectivity index (χ4n) is 4.27. The average Bonchev–Trinajstić information content (AvgIpc) is 3.28. The number of fused-ring (bicyclic) bond motifs is 1. The van der Waals surface area contributed by atoms with Gasteiger partial charge in [-0.1, -0.05) is 30.7 Å². The zero-order chi connectivity index (χ0) is 22.5. The number of hydrogen-bond acceptors (Lipinski definition) is 4. The highest BCUT2D eigenvalue weighted by Gasteiger charge is 2.39. The van der Waals surface area contributed by atoms with Crippen LogP contribution in [0.4, 0.5) is 4.79 Å². The van der Waals surface area contributed by atoms with Crippen LogP contribution in [0.25, 0.3) is 0 Å². The minimum Gasteiger partial charge on any atom is -0.481 e. The number of carbonyl (C=O) groups is 2. The molecule has 0 saturated heterocycles. The van der Waals surface area contributed by atoms with Crippen LogP contribution in [-0.2, 0) is 9.53 Å². The van der Waals surface area contributed by atoms with Crippen LogP contribution in [0.3, 0.4) is 0 Å². The number of allylic oxidation sites excluding steroid dienone is 3. The van der Waals surface area contributed by atoms with Crippen LogP contribution in [0.1, 0.15) is 65.2 Å². The first-order valence-corrected chi connectivity index (χ1v) is 10.7. The Bertz CT molecular complexity index is 669. The molecule has 5 unspecified atom stereocenters. The Labute approximate surface area is 180 Å². The van der Waals surface area contributed by atoms with Crippen molar-refractivity contribution in [2.45, 2.75) is 71.3 Å². The lowest BCUT2D eigenvalue weighted by Crippen LogP contribution is -2.15. The molecule has 168 valence electrons. The van der Waals surface area contributed by atoms with Crippen molar-refractivity contribution in [3.05, 3.63) is 23.8 Å². The summed E-state index contributed by atoms with van der Waals surface area (Å²) in [6.45, 7) is 3.88. The highest BCUT2D eigenvalue weighted by Crippen LogP contribution is 2.50. The maximum Gasteiger partial charge on any atom is 0.505 e. The van der Waals surface area contributed by atoms with Gasteiger partial charge in [-0.3, -0.25) is 4.79 Å². The van der Waals surface area contributed by atoms with Gasteiger partial charge in [0.15, 0.2) is 0 Å². The van der Waals surface area contributed by atoms with Crippen LogP contribution in [0.15, 0.2) is 23.8 Å². The fraction of sp³-hybridized carbons (Fsp3) is 0.667. The lowest BCUT2D eigenvalue weighted by atomic mass is 9.90. The van der Waals surface area contributed by atoms with E-state index >= 15 is 0 Å². The molecule has 0 aromatic rings. The fourth-order valence-corrected chi connectivity index (χ4v) is 4.27. The number of aliphatic hydroxyl groups is 1. The van der Waals surface area contributed by atoms with Crippen molar-refractivity contribution in [2.75, 3.05) is 7.11 Å². The van der Waals surface area contributed by atoms with Crippen LogP contribution in [0.5, 0.6) is 0 Å². The third-order valence-corrected chi connectivity index (χ3v) is 5.99. The summed E-state index contributed by atoms with van der Waals surface area (Å²) in [5, 5.41) is 26.5. The molecule has 5 atom stereocenters. The molecule has 2 aliphatic rings. The Morgan fingerprint density at radius 2 is 1.97 bits per heavy atom. The third-order valence-electron chi connectivity index (χ3n) is 5.99. The van der Waals surface area contributed by atoms with Gasteiger partial charge >= 0.3 is 12.1 Å². The summed E-state index contributed by atoms with van der Waals surface area (Å²) in [7, 11) is 1.10. The van der Waals surface area contributed by atoms with Gasteiger partial charge in [-0.05, 0) is 69.1 Å². The predicted molar refractivity (Wildman–Crippen MR) is 116 cm³/mol. The lowest BCUT2D eigenvalue weighted by Gasteiger charge is -2.17. The molecule has 6 heteroatoms. The van der Waals surface area contributed by atoms with Crippen molar-refractivity contribution in [3.8, 4) is 11.8 Å². The zero-order valence-corrected chi connectivity index (χ0v) is 18.3. The molecule has 3 N–H and O–H groups in total. The number of aliphatic hydroxyl groups excluding tert-OH is 1. The number of rotatable bonds is 8. The van der Waals surface area contributed by atoms with Crippen molar-refractivity contribution in [2.24, 2.45) is 23.7 Å². The summed E-state index contributed by atoms with van der Waals surface area (Å²) in [4.78, 5) is 19.7. The Morgan fingerprint density at radius 3 is 2.57 bits per heavy atom. The molecule has 2 rings (SSSR count). The molecule has 6 nitrogen and oxygen atoms in total. The Hall–Kier alpha value is -2.26. The molecular formula is C24H36O6. The molecule has 0 bridgehead atoms. The third kappa shape index (κ3) is 9.49. The van der Waals surface area contributed by atoms with E-state index in [9.17, 15) is 9.90 Å². The Morgan fingerprint density at radius 1 is 1.27 bits per heavy atom. The molecule has 0 aromatic heterocycles. The van der Waals surface area contributed by atoms with E-state index in [2.05, 4.69) is 28.7 Å². The molecule has 2 fully saturated rings. The van der Waals surface area contributed by atoms with Crippen LogP contribution in [0.2, 0.25) is 0 Å². The molecule has 2 aliphatic carbocycles. The summed E-state index contributed by atoms with van der Waals surface area (Å²) in [5.74, 6) is 7.47. The number of carboxylic acid groups (broad SMARTS) is 2. The van der Waals surface area contributed by atoms with E-state index in [1.807, 2.05) is 19.9 Å². The first kappa shape index (κ1) is 25.8. The highest BCUT2D eigenvalue weighted by atomic mass is 16.6. The van der Waals surface area contributed by atoms with Crippen LogP contribution in [-0.4, -0.2) is 40.7 Å². The van der Waals surface area contributed by atoms with Crippen molar-refractivity contribution >= 4 is 12.1 Å². The molecule has 0 amide bonds. The predicted octanol–water partition coefficient (Wildman–Crippen LogP) is 4.88. The molecule has 0 aromatic carbocycles. The minimum absolute atomic E-state index is 0.175. The first-order chi connectivity index (χ1) is 14.3. The molecule has 0 spiro atoms. The summed E-state index contributed by atoms with van der Waals surface area (Å²) < 4.78 is 3.67. The zero-order valence-electron chi connectivity index (χ0n) is 18.3. The quantitative estimate of drug-likeness (QED) is 0.224. The standard InChI is InChI=1S/C22H32O3.C2H4O3/c1-3-4-7-16(2)21(23)13-12-18-10-11-19-14-17(15-20(18)19)8-5-6-9-22(24)25;1-5-2(3)4/h8,12-13,16,18-21,23H,5-7,9-11,14-15H2,1-2H3,(H,24,25);1H3,(H,3,4)/b13-12+,17-8+;. The van der Waals surface area contributed by atoms with E-state index in [1.165, 1.54) is 24.8 Å². The van der Waals surface area contributed by atoms with Gasteiger partial charge in [-0.2, -0.15) is 0 Å². The normalized spacial score (nSPS) is 25.6. The summed E-state index contributed by atoms with van der Waals surface area (Å²) >= 11 is 0. The molecule has 2 saturated carbocycles. The highest BCUT2D eigenvalue weighted by molar-refractivity contribution is 5.66. The van der Waals surface area contributed by atoms with Gasteiger partial charge < -0.3 is 20.1 Å². The van der Waals surface area contributed by atoms with E-state index in [4.69, 9.17) is 15.0 Å². The molecular weight excluding hydrogens is 384 g/mol. The van der Waals surface area contributed by atoms with Crippen LogP contribution < -0.4 is 0 Å². The summed E-state index contributed by atoms with van der Waals surface area (Å²) in [5.41, 5.74) is 1.52. The largest absolute Gasteiger partial charge is 0.505 e. The second-order valence-corrected chi connectivity index (χ2v) is 8.18. The van der Waals surface area contributed by atoms with E-state index in [0.29, 0.717) is 11.8 Å². The van der Waals surface area contributed by atoms with Gasteiger partial charge in [0.05, 0.1) is 13.2 Å². The van der Waals surface area contributed by atoms with Gasteiger partial charge in [-0.25, -0.2) is 4.79 Å². The number of methoxy groups -OCH3 is 1. The van der Waals surface area contributed by atoms with Gasteiger partial charge in [0.2, 0.25) is 0 Å². The SMILES string of the molecule is CC#CCC(C)C(O)/C=C/C1CCC2C/C(=C\CCCC(=O)O)CC12.COC(=O)O. The first-order valence-electron chi connectivity index (χ1n) is 10.7. The smallest absolute Gasteiger partial charge is 0.481 e. The van der Waals surface area contributed by atoms with E-state index in [1.54, 1.807) is 0 Å². The number of hydrogen-bond donors (Lipinski definition) is 3. The second-order valence-electron chi connectivity index (χ2n) is 8.18. The van der Waals surface area contributed by atoms with Crippen molar-refractivity contribution in [1.82, 2.24) is 0 Å². The van der Waals surface area contributed by atoms with Crippen molar-refractivity contribution in [3.63, 3.8) is 0 Å². The number of unbranched alkanes of at least 4 members (excludes halogenated alkanes) is 1. The average molecular weight is 421 g/mol. The van der Waals surface area contributed by atoms with Gasteiger partial charge in [0.25, 0.3) is 0 Å². The van der Waals surface area contributed by atoms with Crippen LogP contribution in [0, 0.1) is 35.5 Å². The topological polar surface area (TPSA) is 104 Å². The minimum atomic E-state index is -1.25. The molecule has 0 heterocycles. The van der Waals surface area contributed by atoms with Crippen molar-refractivity contribution in [1.29, 1.82) is 0 Å². The lowest BCUT2D eigenvalue weighted by molar-refractivity contribution is -0.137. The summed E-state index contributed by atoms with van der Waals surface area (Å²) in [6, 6.07) is 0. The maximum absolute atomic E-state index is 10.6. The van der Waals surface area contributed by atoms with E-state index < -0.39 is 18.2 Å².